The van der Waals surface area contributed by atoms with Gasteiger partial charge in [0.1, 0.15) is 0 Å². The van der Waals surface area contributed by atoms with E-state index in [4.69, 9.17) is 0 Å². The minimum atomic E-state index is 0.528. The molecule has 0 fully saturated rings. The Labute approximate surface area is 151 Å². The van der Waals surface area contributed by atoms with Gasteiger partial charge in [0.2, 0.25) is 0 Å². The lowest BCUT2D eigenvalue weighted by Gasteiger charge is -2.30. The normalized spacial score (nSPS) is 21.2. The van der Waals surface area contributed by atoms with Crippen LogP contribution in [0.2, 0.25) is 0 Å². The molecule has 2 aliphatic rings. The summed E-state index contributed by atoms with van der Waals surface area (Å²) in [6, 6.07) is 18.1. The van der Waals surface area contributed by atoms with Crippen molar-refractivity contribution in [2.75, 3.05) is 28.8 Å². The fourth-order valence-electron chi connectivity index (χ4n) is 3.38. The van der Waals surface area contributed by atoms with E-state index in [1.54, 1.807) is 0 Å². The smallest absolute Gasteiger partial charge is 0.0192 e. The molecular weight excluding hydrogens is 336 g/mol. The van der Waals surface area contributed by atoms with Gasteiger partial charge in [-0.05, 0) is 33.2 Å². The average molecular weight is 357 g/mol. The molecule has 3 heteroatoms. The molecule has 1 aliphatic carbocycles. The summed E-state index contributed by atoms with van der Waals surface area (Å²) < 4.78 is 0. The van der Waals surface area contributed by atoms with Gasteiger partial charge < -0.3 is 0 Å². The minimum Gasteiger partial charge on any atom is -0.160 e. The predicted octanol–water partition coefficient (Wildman–Crippen LogP) is 5.73. The van der Waals surface area contributed by atoms with E-state index < -0.39 is 0 Å². The Kier molecular flexibility index (Phi) is 5.07. The Bertz CT molecular complexity index is 671. The standard InChI is InChI=1S/C20H20S3/c1-2-6-16-15(5-1)19-13-22-11-9-21-10-12-23-14-20(16)18-8-4-3-7-17(18)19/h1-8,13,20H,9-12,14H2. The van der Waals surface area contributed by atoms with E-state index in [1.807, 2.05) is 11.8 Å². The second-order valence-electron chi connectivity index (χ2n) is 5.82. The monoisotopic (exact) mass is 356 g/mol. The summed E-state index contributed by atoms with van der Waals surface area (Å²) in [5.74, 6) is 6.71. The Morgan fingerprint density at radius 1 is 0.696 bits per heavy atom. The topological polar surface area (TPSA) is 0 Å². The number of rotatable bonds is 0. The zero-order valence-electron chi connectivity index (χ0n) is 13.0. The summed E-state index contributed by atoms with van der Waals surface area (Å²) >= 11 is 6.18. The van der Waals surface area contributed by atoms with Gasteiger partial charge in [0.25, 0.3) is 0 Å². The summed E-state index contributed by atoms with van der Waals surface area (Å²) in [5.41, 5.74) is 7.33. The van der Waals surface area contributed by atoms with E-state index >= 15 is 0 Å². The summed E-state index contributed by atoms with van der Waals surface area (Å²) in [5, 5.41) is 2.40. The third-order valence-electron chi connectivity index (χ3n) is 4.46. The van der Waals surface area contributed by atoms with E-state index in [1.165, 1.54) is 56.6 Å². The van der Waals surface area contributed by atoms with Crippen LogP contribution in [0.4, 0.5) is 0 Å². The molecule has 0 N–H and O–H groups in total. The van der Waals surface area contributed by atoms with Crippen molar-refractivity contribution in [3.8, 4) is 0 Å². The molecule has 0 nitrogen and oxygen atoms in total. The van der Waals surface area contributed by atoms with Gasteiger partial charge in [-0.2, -0.15) is 23.5 Å². The highest BCUT2D eigenvalue weighted by atomic mass is 32.2. The van der Waals surface area contributed by atoms with Gasteiger partial charge in [0.15, 0.2) is 0 Å². The molecule has 4 rings (SSSR count). The summed E-state index contributed by atoms with van der Waals surface area (Å²) in [4.78, 5) is 0. The maximum atomic E-state index is 2.40. The number of thioether (sulfide) groups is 3. The SMILES string of the molecule is C1=C2c3ccccc3C(CSCCSCCS1)c1ccccc12. The van der Waals surface area contributed by atoms with Crippen LogP contribution in [0.15, 0.2) is 53.9 Å². The average Bonchev–Trinajstić information content (AvgIpc) is 2.63. The van der Waals surface area contributed by atoms with Crippen molar-refractivity contribution in [1.29, 1.82) is 0 Å². The molecule has 2 aromatic carbocycles. The zero-order chi connectivity index (χ0) is 15.5. The van der Waals surface area contributed by atoms with Crippen molar-refractivity contribution in [2.24, 2.45) is 0 Å². The van der Waals surface area contributed by atoms with Crippen molar-refractivity contribution in [2.45, 2.75) is 5.92 Å². The van der Waals surface area contributed by atoms with Crippen LogP contribution in [-0.4, -0.2) is 28.8 Å². The molecule has 2 bridgehead atoms. The molecule has 1 heterocycles. The van der Waals surface area contributed by atoms with Crippen LogP contribution in [0.5, 0.6) is 0 Å². The number of hydrogen-bond acceptors (Lipinski definition) is 3. The van der Waals surface area contributed by atoms with Gasteiger partial charge in [0.05, 0.1) is 0 Å². The Hall–Kier alpha value is -0.770. The molecule has 0 saturated heterocycles. The highest BCUT2D eigenvalue weighted by Crippen LogP contribution is 2.44. The quantitative estimate of drug-likeness (QED) is 0.591. The first-order valence-electron chi connectivity index (χ1n) is 8.11. The van der Waals surface area contributed by atoms with E-state index in [-0.39, 0.29) is 0 Å². The van der Waals surface area contributed by atoms with E-state index in [2.05, 4.69) is 77.5 Å². The lowest BCUT2D eigenvalue weighted by atomic mass is 9.77. The van der Waals surface area contributed by atoms with Crippen LogP contribution >= 0.6 is 35.3 Å². The van der Waals surface area contributed by atoms with Gasteiger partial charge in [-0.1, -0.05) is 48.5 Å². The van der Waals surface area contributed by atoms with Gasteiger partial charge in [-0.15, -0.1) is 11.8 Å². The minimum absolute atomic E-state index is 0.528. The third kappa shape index (κ3) is 3.24. The molecule has 0 amide bonds. The van der Waals surface area contributed by atoms with E-state index in [0.717, 1.165) is 0 Å². The van der Waals surface area contributed by atoms with Crippen LogP contribution in [0.25, 0.3) is 5.57 Å². The molecule has 0 radical (unpaired) electrons. The molecule has 0 spiro atoms. The summed E-state index contributed by atoms with van der Waals surface area (Å²) in [6.07, 6.45) is 0. The highest BCUT2D eigenvalue weighted by Gasteiger charge is 2.28. The molecule has 0 saturated carbocycles. The summed E-state index contributed by atoms with van der Waals surface area (Å²) in [6.45, 7) is 0. The van der Waals surface area contributed by atoms with E-state index in [0.29, 0.717) is 5.92 Å². The highest BCUT2D eigenvalue weighted by molar-refractivity contribution is 8.05. The van der Waals surface area contributed by atoms with Crippen LogP contribution < -0.4 is 0 Å². The Balaban J connectivity index is 1.86. The first-order valence-corrected chi connectivity index (χ1v) is 11.5. The number of fused-ring (bicyclic) bond motifs is 3. The van der Waals surface area contributed by atoms with Gasteiger partial charge in [-0.3, -0.25) is 0 Å². The molecular formula is C20H20S3. The fraction of sp³-hybridized carbons (Fsp3) is 0.300. The van der Waals surface area contributed by atoms with Crippen LogP contribution in [0, 0.1) is 0 Å². The van der Waals surface area contributed by atoms with Gasteiger partial charge in [0, 0.05) is 34.7 Å². The molecule has 0 unspecified atom stereocenters. The molecule has 0 atom stereocenters. The van der Waals surface area contributed by atoms with Crippen LogP contribution in [0.3, 0.4) is 0 Å². The molecule has 0 aromatic heterocycles. The van der Waals surface area contributed by atoms with Crippen molar-refractivity contribution >= 4 is 40.9 Å². The van der Waals surface area contributed by atoms with E-state index in [9.17, 15) is 0 Å². The van der Waals surface area contributed by atoms with Crippen molar-refractivity contribution in [1.82, 2.24) is 0 Å². The first kappa shape index (κ1) is 15.7. The lowest BCUT2D eigenvalue weighted by molar-refractivity contribution is 0.913. The Morgan fingerprint density at radius 3 is 2.04 bits per heavy atom. The van der Waals surface area contributed by atoms with Crippen LogP contribution in [0.1, 0.15) is 28.2 Å². The van der Waals surface area contributed by atoms with Crippen molar-refractivity contribution in [3.63, 3.8) is 0 Å². The second-order valence-corrected chi connectivity index (χ2v) is 9.17. The largest absolute Gasteiger partial charge is 0.160 e. The molecule has 2 aromatic rings. The maximum absolute atomic E-state index is 2.40. The fourth-order valence-corrected chi connectivity index (χ4v) is 6.69. The predicted molar refractivity (Wildman–Crippen MR) is 109 cm³/mol. The molecule has 118 valence electrons. The Morgan fingerprint density at radius 2 is 1.30 bits per heavy atom. The first-order chi connectivity index (χ1) is 11.4. The van der Waals surface area contributed by atoms with Gasteiger partial charge >= 0.3 is 0 Å². The van der Waals surface area contributed by atoms with Gasteiger partial charge in [-0.25, -0.2) is 0 Å². The number of hydrogen-bond donors (Lipinski definition) is 0. The lowest BCUT2D eigenvalue weighted by Crippen LogP contribution is -2.15. The second kappa shape index (κ2) is 7.42. The molecule has 1 aliphatic heterocycles. The third-order valence-corrected chi connectivity index (χ3v) is 7.86. The van der Waals surface area contributed by atoms with Crippen molar-refractivity contribution < 1.29 is 0 Å². The zero-order valence-corrected chi connectivity index (χ0v) is 15.5. The van der Waals surface area contributed by atoms with Crippen LogP contribution in [-0.2, 0) is 0 Å². The summed E-state index contributed by atoms with van der Waals surface area (Å²) in [7, 11) is 0. The maximum Gasteiger partial charge on any atom is 0.0192 e. The number of benzene rings is 2. The van der Waals surface area contributed by atoms with Crippen molar-refractivity contribution in [3.05, 3.63) is 76.2 Å². The molecule has 23 heavy (non-hydrogen) atoms.